The first kappa shape index (κ1) is 12.8. The van der Waals surface area contributed by atoms with E-state index >= 15 is 0 Å². The summed E-state index contributed by atoms with van der Waals surface area (Å²) in [6, 6.07) is 19.5. The number of hydrogen-bond acceptors (Lipinski definition) is 0. The highest BCUT2D eigenvalue weighted by Gasteiger charge is 2.11. The topological polar surface area (TPSA) is 0 Å². The molecule has 1 atom stereocenters. The summed E-state index contributed by atoms with van der Waals surface area (Å²) in [4.78, 5) is 0. The van der Waals surface area contributed by atoms with E-state index in [-0.39, 0.29) is 12.2 Å². The van der Waals surface area contributed by atoms with Gasteiger partial charge in [0, 0.05) is 6.42 Å². The second kappa shape index (κ2) is 5.41. The molecule has 2 heteroatoms. The van der Waals surface area contributed by atoms with Gasteiger partial charge >= 0.3 is 0 Å². The molecule has 0 N–H and O–H groups in total. The monoisotopic (exact) mass is 268 g/mol. The lowest BCUT2D eigenvalue weighted by Gasteiger charge is -2.10. The standard InChI is InChI=1S/C18H14F2/c19-17-7-3-4-13(10-17)11-18(20)16-9-8-14-5-1-2-6-15(14)12-16/h1-10,12,18H,11H2. The second-order valence-corrected chi connectivity index (χ2v) is 4.91. The summed E-state index contributed by atoms with van der Waals surface area (Å²) in [6.07, 6.45) is -0.933. The van der Waals surface area contributed by atoms with Crippen molar-refractivity contribution >= 4 is 10.8 Å². The molecule has 0 bridgehead atoms. The second-order valence-electron chi connectivity index (χ2n) is 4.91. The molecule has 0 aliphatic carbocycles. The molecule has 0 heterocycles. The summed E-state index contributed by atoms with van der Waals surface area (Å²) in [5, 5.41) is 2.11. The quantitative estimate of drug-likeness (QED) is 0.610. The Kier molecular flexibility index (Phi) is 3.46. The number of rotatable bonds is 3. The van der Waals surface area contributed by atoms with E-state index in [1.807, 2.05) is 36.4 Å². The Bertz CT molecular complexity index is 734. The van der Waals surface area contributed by atoms with Gasteiger partial charge in [-0.1, -0.05) is 48.5 Å². The molecule has 3 aromatic rings. The maximum absolute atomic E-state index is 14.4. The van der Waals surface area contributed by atoms with Crippen molar-refractivity contribution in [1.29, 1.82) is 0 Å². The van der Waals surface area contributed by atoms with Crippen molar-refractivity contribution in [2.45, 2.75) is 12.6 Å². The summed E-state index contributed by atoms with van der Waals surface area (Å²) >= 11 is 0. The van der Waals surface area contributed by atoms with Gasteiger partial charge in [-0.3, -0.25) is 0 Å². The van der Waals surface area contributed by atoms with Crippen LogP contribution in [-0.2, 0) is 6.42 Å². The molecule has 0 fully saturated rings. The third-order valence-corrected chi connectivity index (χ3v) is 3.44. The third kappa shape index (κ3) is 2.69. The Hall–Kier alpha value is -2.22. The maximum Gasteiger partial charge on any atom is 0.129 e. The fraction of sp³-hybridized carbons (Fsp3) is 0.111. The van der Waals surface area contributed by atoms with Crippen LogP contribution in [0.25, 0.3) is 10.8 Å². The molecule has 0 nitrogen and oxygen atoms in total. The Morgan fingerprint density at radius 1 is 0.800 bits per heavy atom. The molecule has 0 saturated heterocycles. The Morgan fingerprint density at radius 3 is 2.40 bits per heavy atom. The van der Waals surface area contributed by atoms with Crippen LogP contribution in [0, 0.1) is 5.82 Å². The number of benzene rings is 3. The van der Waals surface area contributed by atoms with E-state index < -0.39 is 6.17 Å². The average Bonchev–Trinajstić information content (AvgIpc) is 2.47. The maximum atomic E-state index is 14.4. The molecular weight excluding hydrogens is 254 g/mol. The van der Waals surface area contributed by atoms with Crippen LogP contribution in [0.2, 0.25) is 0 Å². The van der Waals surface area contributed by atoms with Gasteiger partial charge in [0.25, 0.3) is 0 Å². The van der Waals surface area contributed by atoms with E-state index in [1.54, 1.807) is 18.2 Å². The fourth-order valence-electron chi connectivity index (χ4n) is 2.39. The lowest BCUT2D eigenvalue weighted by atomic mass is 9.99. The first-order valence-electron chi connectivity index (χ1n) is 6.59. The van der Waals surface area contributed by atoms with Crippen molar-refractivity contribution in [3.63, 3.8) is 0 Å². The lowest BCUT2D eigenvalue weighted by Crippen LogP contribution is -1.97. The molecule has 3 rings (SSSR count). The summed E-state index contributed by atoms with van der Waals surface area (Å²) in [6.45, 7) is 0. The van der Waals surface area contributed by atoms with Crippen molar-refractivity contribution in [1.82, 2.24) is 0 Å². The number of hydrogen-bond donors (Lipinski definition) is 0. The first-order chi connectivity index (χ1) is 9.72. The van der Waals surface area contributed by atoms with E-state index in [0.29, 0.717) is 11.1 Å². The molecule has 0 amide bonds. The molecule has 0 aliphatic heterocycles. The van der Waals surface area contributed by atoms with Gasteiger partial charge in [-0.2, -0.15) is 0 Å². The normalized spacial score (nSPS) is 12.5. The summed E-state index contributed by atoms with van der Waals surface area (Å²) in [7, 11) is 0. The lowest BCUT2D eigenvalue weighted by molar-refractivity contribution is 0.342. The van der Waals surface area contributed by atoms with Crippen molar-refractivity contribution < 1.29 is 8.78 Å². The fourth-order valence-corrected chi connectivity index (χ4v) is 2.39. The zero-order chi connectivity index (χ0) is 13.9. The Morgan fingerprint density at radius 2 is 1.60 bits per heavy atom. The molecule has 0 radical (unpaired) electrons. The van der Waals surface area contributed by atoms with Crippen LogP contribution in [0.15, 0.2) is 66.7 Å². The highest BCUT2D eigenvalue weighted by atomic mass is 19.1. The van der Waals surface area contributed by atoms with Crippen LogP contribution in [0.3, 0.4) is 0 Å². The van der Waals surface area contributed by atoms with Gasteiger partial charge < -0.3 is 0 Å². The van der Waals surface area contributed by atoms with E-state index in [4.69, 9.17) is 0 Å². The van der Waals surface area contributed by atoms with Crippen LogP contribution < -0.4 is 0 Å². The molecular formula is C18H14F2. The van der Waals surface area contributed by atoms with Crippen LogP contribution in [-0.4, -0.2) is 0 Å². The van der Waals surface area contributed by atoms with Gasteiger partial charge in [0.2, 0.25) is 0 Å². The highest BCUT2D eigenvalue weighted by Crippen LogP contribution is 2.26. The zero-order valence-electron chi connectivity index (χ0n) is 10.9. The van der Waals surface area contributed by atoms with Crippen LogP contribution in [0.4, 0.5) is 8.78 Å². The summed E-state index contributed by atoms with van der Waals surface area (Å²) in [5.74, 6) is -0.326. The minimum absolute atomic E-state index is 0.191. The van der Waals surface area contributed by atoms with Crippen molar-refractivity contribution in [2.75, 3.05) is 0 Å². The molecule has 3 aromatic carbocycles. The van der Waals surface area contributed by atoms with E-state index in [2.05, 4.69) is 0 Å². The van der Waals surface area contributed by atoms with Crippen LogP contribution >= 0.6 is 0 Å². The minimum atomic E-state index is -1.12. The molecule has 0 spiro atoms. The van der Waals surface area contributed by atoms with E-state index in [9.17, 15) is 8.78 Å². The predicted molar refractivity (Wildman–Crippen MR) is 77.9 cm³/mol. The van der Waals surface area contributed by atoms with Crippen LogP contribution in [0.5, 0.6) is 0 Å². The van der Waals surface area contributed by atoms with Gasteiger partial charge in [-0.05, 0) is 40.1 Å². The molecule has 1 unspecified atom stereocenters. The van der Waals surface area contributed by atoms with E-state index in [0.717, 1.165) is 10.8 Å². The van der Waals surface area contributed by atoms with Gasteiger partial charge in [-0.25, -0.2) is 8.78 Å². The number of alkyl halides is 1. The average molecular weight is 268 g/mol. The summed E-state index contributed by atoms with van der Waals surface area (Å²) in [5.41, 5.74) is 1.30. The minimum Gasteiger partial charge on any atom is -0.242 e. The molecule has 100 valence electrons. The SMILES string of the molecule is Fc1cccc(CC(F)c2ccc3ccccc3c2)c1. The van der Waals surface area contributed by atoms with Crippen molar-refractivity contribution in [3.05, 3.63) is 83.7 Å². The van der Waals surface area contributed by atoms with E-state index in [1.165, 1.54) is 12.1 Å². The molecule has 20 heavy (non-hydrogen) atoms. The van der Waals surface area contributed by atoms with Gasteiger partial charge in [0.15, 0.2) is 0 Å². The van der Waals surface area contributed by atoms with Crippen molar-refractivity contribution in [3.8, 4) is 0 Å². The smallest absolute Gasteiger partial charge is 0.129 e. The molecule has 0 aromatic heterocycles. The predicted octanol–water partition coefficient (Wildman–Crippen LogP) is 5.23. The third-order valence-electron chi connectivity index (χ3n) is 3.44. The molecule has 0 saturated carbocycles. The molecule has 0 aliphatic rings. The van der Waals surface area contributed by atoms with Crippen molar-refractivity contribution in [2.24, 2.45) is 0 Å². The number of halogens is 2. The Balaban J connectivity index is 1.86. The van der Waals surface area contributed by atoms with Gasteiger partial charge in [-0.15, -0.1) is 0 Å². The largest absolute Gasteiger partial charge is 0.242 e. The summed E-state index contributed by atoms with van der Waals surface area (Å²) < 4.78 is 27.5. The zero-order valence-corrected chi connectivity index (χ0v) is 10.9. The highest BCUT2D eigenvalue weighted by molar-refractivity contribution is 5.83. The first-order valence-corrected chi connectivity index (χ1v) is 6.59. The van der Waals surface area contributed by atoms with Crippen LogP contribution in [0.1, 0.15) is 17.3 Å². The Labute approximate surface area is 116 Å². The number of fused-ring (bicyclic) bond motifs is 1. The van der Waals surface area contributed by atoms with Gasteiger partial charge in [0.05, 0.1) is 0 Å². The van der Waals surface area contributed by atoms with Gasteiger partial charge in [0.1, 0.15) is 12.0 Å².